The Balaban J connectivity index is 1.31. The molecule has 2 aliphatic heterocycles. The van der Waals surface area contributed by atoms with Gasteiger partial charge in [0.1, 0.15) is 11.6 Å². The first-order chi connectivity index (χ1) is 17.5. The zero-order valence-electron chi connectivity index (χ0n) is 21.1. The zero-order chi connectivity index (χ0) is 25.1. The molecule has 8 nitrogen and oxygen atoms in total. The summed E-state index contributed by atoms with van der Waals surface area (Å²) in [6.45, 7) is 9.42. The largest absolute Gasteiger partial charge is 0.378 e. The summed E-state index contributed by atoms with van der Waals surface area (Å²) in [6.07, 6.45) is 2.00. The van der Waals surface area contributed by atoms with Crippen LogP contribution in [0.3, 0.4) is 0 Å². The molecule has 36 heavy (non-hydrogen) atoms. The number of piperazine rings is 1. The zero-order valence-corrected chi connectivity index (χ0v) is 22.0. The van der Waals surface area contributed by atoms with Crippen LogP contribution in [0.5, 0.6) is 0 Å². The van der Waals surface area contributed by atoms with Crippen LogP contribution in [0.15, 0.2) is 53.4 Å². The summed E-state index contributed by atoms with van der Waals surface area (Å²) in [7, 11) is -3.50. The first kappa shape index (κ1) is 25.1. The van der Waals surface area contributed by atoms with Crippen molar-refractivity contribution in [3.63, 3.8) is 0 Å². The highest BCUT2D eigenvalue weighted by Gasteiger charge is 2.31. The average molecular weight is 510 g/mol. The molecule has 2 aromatic carbocycles. The quantitative estimate of drug-likeness (QED) is 0.482. The number of aryl methyl sites for hydroxylation is 1. The highest BCUT2D eigenvalue weighted by Crippen LogP contribution is 2.29. The van der Waals surface area contributed by atoms with Gasteiger partial charge in [-0.15, -0.1) is 0 Å². The average Bonchev–Trinajstić information content (AvgIpc) is 2.93. The minimum absolute atomic E-state index is 0.0208. The van der Waals surface area contributed by atoms with E-state index < -0.39 is 10.0 Å². The number of morpholine rings is 1. The SMILES string of the molecule is CCCc1ccc(S(=O)(=O)N2CCN(C(C)c3nc(N4CCOCC4)c4ccccc4n3)CC2)cc1. The number of para-hydroxylation sites is 1. The maximum atomic E-state index is 13.2. The fourth-order valence-electron chi connectivity index (χ4n) is 5.04. The van der Waals surface area contributed by atoms with Gasteiger partial charge in [-0.3, -0.25) is 4.90 Å². The van der Waals surface area contributed by atoms with Crippen LogP contribution in [0.1, 0.15) is 37.7 Å². The van der Waals surface area contributed by atoms with Crippen molar-refractivity contribution in [3.8, 4) is 0 Å². The first-order valence-corrected chi connectivity index (χ1v) is 14.3. The van der Waals surface area contributed by atoms with Crippen LogP contribution in [0.25, 0.3) is 10.9 Å². The second kappa shape index (κ2) is 10.8. The number of rotatable bonds is 7. The van der Waals surface area contributed by atoms with Gasteiger partial charge >= 0.3 is 0 Å². The molecule has 192 valence electrons. The molecular weight excluding hydrogens is 474 g/mol. The minimum atomic E-state index is -3.50. The number of aromatic nitrogens is 2. The smallest absolute Gasteiger partial charge is 0.243 e. The van der Waals surface area contributed by atoms with E-state index in [0.717, 1.165) is 48.5 Å². The Morgan fingerprint density at radius 2 is 1.61 bits per heavy atom. The molecule has 2 saturated heterocycles. The van der Waals surface area contributed by atoms with Crippen LogP contribution >= 0.6 is 0 Å². The van der Waals surface area contributed by atoms with E-state index in [0.29, 0.717) is 44.3 Å². The first-order valence-electron chi connectivity index (χ1n) is 12.9. The van der Waals surface area contributed by atoms with Crippen molar-refractivity contribution >= 4 is 26.7 Å². The molecule has 0 bridgehead atoms. The molecule has 0 saturated carbocycles. The predicted molar refractivity (Wildman–Crippen MR) is 142 cm³/mol. The number of ether oxygens (including phenoxy) is 1. The molecule has 2 aliphatic rings. The number of fused-ring (bicyclic) bond motifs is 1. The molecule has 1 unspecified atom stereocenters. The molecule has 0 aliphatic carbocycles. The van der Waals surface area contributed by atoms with Gasteiger partial charge in [-0.05, 0) is 43.2 Å². The van der Waals surface area contributed by atoms with Crippen molar-refractivity contribution in [2.75, 3.05) is 57.4 Å². The Labute approximate surface area is 213 Å². The number of hydrogen-bond acceptors (Lipinski definition) is 7. The third-order valence-corrected chi connectivity index (χ3v) is 9.12. The summed E-state index contributed by atoms with van der Waals surface area (Å²) < 4.78 is 33.6. The van der Waals surface area contributed by atoms with Crippen LogP contribution in [0.4, 0.5) is 5.82 Å². The lowest BCUT2D eigenvalue weighted by Crippen LogP contribution is -2.49. The van der Waals surface area contributed by atoms with Crippen molar-refractivity contribution < 1.29 is 13.2 Å². The summed E-state index contributed by atoms with van der Waals surface area (Å²) in [5.41, 5.74) is 2.10. The molecule has 5 rings (SSSR count). The van der Waals surface area contributed by atoms with Crippen molar-refractivity contribution in [2.45, 2.75) is 37.6 Å². The van der Waals surface area contributed by atoms with Gasteiger partial charge < -0.3 is 9.64 Å². The summed E-state index contributed by atoms with van der Waals surface area (Å²) >= 11 is 0. The Hall–Kier alpha value is -2.59. The predicted octanol–water partition coefficient (Wildman–Crippen LogP) is 3.49. The summed E-state index contributed by atoms with van der Waals surface area (Å²) in [4.78, 5) is 14.9. The lowest BCUT2D eigenvalue weighted by atomic mass is 10.1. The number of benzene rings is 2. The number of hydrogen-bond donors (Lipinski definition) is 0. The molecule has 0 spiro atoms. The highest BCUT2D eigenvalue weighted by molar-refractivity contribution is 7.89. The van der Waals surface area contributed by atoms with Gasteiger partial charge in [0.25, 0.3) is 0 Å². The van der Waals surface area contributed by atoms with Crippen LogP contribution in [0.2, 0.25) is 0 Å². The lowest BCUT2D eigenvalue weighted by Gasteiger charge is -2.37. The molecule has 0 radical (unpaired) electrons. The number of nitrogens with zero attached hydrogens (tertiary/aromatic N) is 5. The van der Waals surface area contributed by atoms with Crippen LogP contribution < -0.4 is 4.90 Å². The maximum Gasteiger partial charge on any atom is 0.243 e. The van der Waals surface area contributed by atoms with E-state index in [4.69, 9.17) is 14.7 Å². The molecule has 0 N–H and O–H groups in total. The molecule has 0 amide bonds. The monoisotopic (exact) mass is 509 g/mol. The fraction of sp³-hybridized carbons (Fsp3) is 0.481. The molecule has 3 heterocycles. The molecule has 1 aromatic heterocycles. The maximum absolute atomic E-state index is 13.2. The normalized spacial score (nSPS) is 19.0. The van der Waals surface area contributed by atoms with Gasteiger partial charge in [-0.1, -0.05) is 37.6 Å². The standard InChI is InChI=1S/C27H35N5O3S/c1-3-6-22-9-11-23(12-10-22)36(33,34)32-15-13-30(14-16-32)21(2)26-28-25-8-5-4-7-24(25)27(29-26)31-17-19-35-20-18-31/h4-5,7-12,21H,3,6,13-20H2,1-2H3. The molecule has 3 aromatic rings. The van der Waals surface area contributed by atoms with E-state index in [1.54, 1.807) is 16.4 Å². The molecular formula is C27H35N5O3S. The van der Waals surface area contributed by atoms with E-state index in [1.807, 2.05) is 30.3 Å². The molecule has 1 atom stereocenters. The fourth-order valence-corrected chi connectivity index (χ4v) is 6.46. The van der Waals surface area contributed by atoms with Crippen LogP contribution in [0, 0.1) is 0 Å². The van der Waals surface area contributed by atoms with E-state index in [1.165, 1.54) is 5.56 Å². The third-order valence-electron chi connectivity index (χ3n) is 7.21. The number of sulfonamides is 1. The van der Waals surface area contributed by atoms with Crippen molar-refractivity contribution in [3.05, 3.63) is 59.9 Å². The molecule has 9 heteroatoms. The second-order valence-corrected chi connectivity index (χ2v) is 11.5. The second-order valence-electron chi connectivity index (χ2n) is 9.53. The van der Waals surface area contributed by atoms with Gasteiger partial charge in [0.05, 0.1) is 29.7 Å². The van der Waals surface area contributed by atoms with E-state index in [-0.39, 0.29) is 6.04 Å². The number of anilines is 1. The highest BCUT2D eigenvalue weighted by atomic mass is 32.2. The van der Waals surface area contributed by atoms with Gasteiger partial charge in [0.15, 0.2) is 0 Å². The Morgan fingerprint density at radius 1 is 0.917 bits per heavy atom. The van der Waals surface area contributed by atoms with Gasteiger partial charge in [0, 0.05) is 44.7 Å². The van der Waals surface area contributed by atoms with Crippen molar-refractivity contribution in [2.24, 2.45) is 0 Å². The molecule has 2 fully saturated rings. The van der Waals surface area contributed by atoms with Crippen molar-refractivity contribution in [1.29, 1.82) is 0 Å². The van der Waals surface area contributed by atoms with Gasteiger partial charge in [0.2, 0.25) is 10.0 Å². The summed E-state index contributed by atoms with van der Waals surface area (Å²) in [6, 6.07) is 15.5. The van der Waals surface area contributed by atoms with E-state index in [9.17, 15) is 8.42 Å². The Kier molecular flexibility index (Phi) is 7.52. The summed E-state index contributed by atoms with van der Waals surface area (Å²) in [5.74, 6) is 1.73. The third kappa shape index (κ3) is 5.11. The minimum Gasteiger partial charge on any atom is -0.378 e. The van der Waals surface area contributed by atoms with Gasteiger partial charge in [-0.2, -0.15) is 4.31 Å². The van der Waals surface area contributed by atoms with E-state index in [2.05, 4.69) is 29.7 Å². The Morgan fingerprint density at radius 3 is 2.31 bits per heavy atom. The van der Waals surface area contributed by atoms with Gasteiger partial charge in [-0.25, -0.2) is 18.4 Å². The summed E-state index contributed by atoms with van der Waals surface area (Å²) in [5, 5.41) is 1.05. The lowest BCUT2D eigenvalue weighted by molar-refractivity contribution is 0.122. The van der Waals surface area contributed by atoms with Crippen molar-refractivity contribution in [1.82, 2.24) is 19.2 Å². The Bertz CT molecular complexity index is 1280. The van der Waals surface area contributed by atoms with E-state index >= 15 is 0 Å². The van der Waals surface area contributed by atoms with Crippen LogP contribution in [-0.2, 0) is 21.2 Å². The van der Waals surface area contributed by atoms with Crippen LogP contribution in [-0.4, -0.2) is 80.1 Å². The topological polar surface area (TPSA) is 78.9 Å².